The summed E-state index contributed by atoms with van der Waals surface area (Å²) in [5.74, 6) is -0.516. The van der Waals surface area contributed by atoms with E-state index in [4.69, 9.17) is 4.74 Å². The van der Waals surface area contributed by atoms with Gasteiger partial charge in [0.2, 0.25) is 5.91 Å². The second-order valence-corrected chi connectivity index (χ2v) is 5.85. The molecule has 0 aliphatic carbocycles. The molecule has 2 aromatic carbocycles. The number of benzene rings is 2. The van der Waals surface area contributed by atoms with Gasteiger partial charge in [-0.15, -0.1) is 0 Å². The summed E-state index contributed by atoms with van der Waals surface area (Å²) in [6.45, 7) is 3.68. The molecular formula is C19H22FN3O2. The molecule has 1 heterocycles. The van der Waals surface area contributed by atoms with Crippen molar-refractivity contribution in [2.45, 2.75) is 6.42 Å². The minimum absolute atomic E-state index is 0.151. The van der Waals surface area contributed by atoms with Crippen molar-refractivity contribution in [1.82, 2.24) is 0 Å². The van der Waals surface area contributed by atoms with E-state index in [0.717, 1.165) is 37.7 Å². The van der Waals surface area contributed by atoms with Gasteiger partial charge < -0.3 is 20.3 Å². The first-order chi connectivity index (χ1) is 12.2. The number of nitrogens with one attached hydrogen (secondary N) is 2. The highest BCUT2D eigenvalue weighted by Crippen LogP contribution is 2.26. The number of amides is 1. The van der Waals surface area contributed by atoms with Crippen LogP contribution in [0.25, 0.3) is 0 Å². The molecule has 1 saturated heterocycles. The monoisotopic (exact) mass is 343 g/mol. The van der Waals surface area contributed by atoms with Crippen LogP contribution in [-0.4, -0.2) is 38.8 Å². The average Bonchev–Trinajstić information content (AvgIpc) is 2.63. The van der Waals surface area contributed by atoms with E-state index in [1.807, 2.05) is 18.2 Å². The fourth-order valence-corrected chi connectivity index (χ4v) is 2.80. The molecule has 0 atom stereocenters. The highest BCUT2D eigenvalue weighted by atomic mass is 19.1. The molecule has 0 radical (unpaired) electrons. The zero-order valence-corrected chi connectivity index (χ0v) is 14.0. The van der Waals surface area contributed by atoms with Crippen LogP contribution in [0.2, 0.25) is 0 Å². The molecule has 0 aromatic heterocycles. The minimum atomic E-state index is -0.365. The highest BCUT2D eigenvalue weighted by molar-refractivity contribution is 5.91. The molecule has 1 aliphatic rings. The van der Waals surface area contributed by atoms with Gasteiger partial charge in [0.1, 0.15) is 5.82 Å². The molecule has 3 rings (SSSR count). The molecule has 1 fully saturated rings. The van der Waals surface area contributed by atoms with Gasteiger partial charge in [0.15, 0.2) is 0 Å². The molecule has 25 heavy (non-hydrogen) atoms. The van der Waals surface area contributed by atoms with E-state index in [1.54, 1.807) is 12.1 Å². The fourth-order valence-electron chi connectivity index (χ4n) is 2.80. The van der Waals surface area contributed by atoms with E-state index in [1.165, 1.54) is 12.1 Å². The third kappa shape index (κ3) is 4.93. The second-order valence-electron chi connectivity index (χ2n) is 5.85. The average molecular weight is 343 g/mol. The summed E-state index contributed by atoms with van der Waals surface area (Å²) in [6, 6.07) is 13.9. The van der Waals surface area contributed by atoms with Crippen LogP contribution in [-0.2, 0) is 9.53 Å². The Morgan fingerprint density at radius 2 is 1.92 bits per heavy atom. The lowest BCUT2D eigenvalue weighted by atomic mass is 10.2. The Balaban J connectivity index is 1.52. The fraction of sp³-hybridized carbons (Fsp3) is 0.316. The van der Waals surface area contributed by atoms with Gasteiger partial charge in [-0.3, -0.25) is 4.79 Å². The number of ether oxygens (including phenoxy) is 1. The lowest BCUT2D eigenvalue weighted by Crippen LogP contribution is -2.36. The minimum Gasteiger partial charge on any atom is -0.383 e. The summed E-state index contributed by atoms with van der Waals surface area (Å²) >= 11 is 0. The predicted molar refractivity (Wildman–Crippen MR) is 97.6 cm³/mol. The predicted octanol–water partition coefficient (Wildman–Crippen LogP) is 3.10. The number of carbonyl (C=O) groups excluding carboxylic acids is 1. The number of hydrogen-bond donors (Lipinski definition) is 2. The lowest BCUT2D eigenvalue weighted by Gasteiger charge is -2.30. The van der Waals surface area contributed by atoms with Gasteiger partial charge in [-0.1, -0.05) is 18.2 Å². The molecule has 0 saturated carbocycles. The first-order valence-corrected chi connectivity index (χ1v) is 8.43. The Morgan fingerprint density at radius 1 is 1.12 bits per heavy atom. The van der Waals surface area contributed by atoms with Crippen molar-refractivity contribution < 1.29 is 13.9 Å². The van der Waals surface area contributed by atoms with Crippen LogP contribution in [0.15, 0.2) is 48.5 Å². The summed E-state index contributed by atoms with van der Waals surface area (Å²) in [4.78, 5) is 14.3. The van der Waals surface area contributed by atoms with Crippen molar-refractivity contribution in [2.75, 3.05) is 48.4 Å². The number of rotatable bonds is 6. The third-order valence-electron chi connectivity index (χ3n) is 4.03. The van der Waals surface area contributed by atoms with E-state index in [2.05, 4.69) is 21.6 Å². The van der Waals surface area contributed by atoms with E-state index in [9.17, 15) is 9.18 Å². The van der Waals surface area contributed by atoms with E-state index in [0.29, 0.717) is 18.7 Å². The standard InChI is InChI=1S/C19H22FN3O2/c20-15-4-3-5-16(14-15)22-19(24)8-9-21-17-6-1-2-7-18(17)23-10-12-25-13-11-23/h1-7,14,21H,8-13H2,(H,22,24). The Kier molecular flexibility index (Phi) is 5.85. The topological polar surface area (TPSA) is 53.6 Å². The molecule has 1 aliphatic heterocycles. The van der Waals surface area contributed by atoms with Crippen molar-refractivity contribution in [3.8, 4) is 0 Å². The molecular weight excluding hydrogens is 321 g/mol. The normalized spacial score (nSPS) is 14.2. The van der Waals surface area contributed by atoms with Crippen LogP contribution in [0, 0.1) is 5.82 Å². The first kappa shape index (κ1) is 17.2. The van der Waals surface area contributed by atoms with Gasteiger partial charge in [-0.05, 0) is 30.3 Å². The smallest absolute Gasteiger partial charge is 0.226 e. The summed E-state index contributed by atoms with van der Waals surface area (Å²) in [5.41, 5.74) is 2.60. The quantitative estimate of drug-likeness (QED) is 0.846. The number of carbonyl (C=O) groups is 1. The van der Waals surface area contributed by atoms with Crippen LogP contribution in [0.3, 0.4) is 0 Å². The molecule has 1 amide bonds. The van der Waals surface area contributed by atoms with Crippen molar-refractivity contribution in [1.29, 1.82) is 0 Å². The molecule has 0 bridgehead atoms. The zero-order chi connectivity index (χ0) is 17.5. The summed E-state index contributed by atoms with van der Waals surface area (Å²) in [6.07, 6.45) is 0.300. The van der Waals surface area contributed by atoms with Gasteiger partial charge in [0, 0.05) is 31.7 Å². The van der Waals surface area contributed by atoms with Gasteiger partial charge in [0.05, 0.1) is 24.6 Å². The zero-order valence-electron chi connectivity index (χ0n) is 14.0. The second kappa shape index (κ2) is 8.48. The Hall–Kier alpha value is -2.60. The van der Waals surface area contributed by atoms with Crippen LogP contribution in [0.1, 0.15) is 6.42 Å². The van der Waals surface area contributed by atoms with Crippen molar-refractivity contribution in [3.05, 3.63) is 54.3 Å². The maximum Gasteiger partial charge on any atom is 0.226 e. The van der Waals surface area contributed by atoms with Gasteiger partial charge in [-0.25, -0.2) is 4.39 Å². The highest BCUT2D eigenvalue weighted by Gasteiger charge is 2.14. The number of para-hydroxylation sites is 2. The summed E-state index contributed by atoms with van der Waals surface area (Å²) in [5, 5.41) is 6.02. The molecule has 6 heteroatoms. The van der Waals surface area contributed by atoms with Crippen molar-refractivity contribution in [3.63, 3.8) is 0 Å². The first-order valence-electron chi connectivity index (χ1n) is 8.43. The van der Waals surface area contributed by atoms with Crippen LogP contribution >= 0.6 is 0 Å². The number of halogens is 1. The molecule has 0 unspecified atom stereocenters. The maximum atomic E-state index is 13.1. The molecule has 5 nitrogen and oxygen atoms in total. The largest absolute Gasteiger partial charge is 0.383 e. The molecule has 132 valence electrons. The third-order valence-corrected chi connectivity index (χ3v) is 4.03. The lowest BCUT2D eigenvalue weighted by molar-refractivity contribution is -0.115. The van der Waals surface area contributed by atoms with Crippen molar-refractivity contribution >= 4 is 23.0 Å². The Bertz CT molecular complexity index is 717. The van der Waals surface area contributed by atoms with Gasteiger partial charge in [-0.2, -0.15) is 0 Å². The van der Waals surface area contributed by atoms with Gasteiger partial charge in [0.25, 0.3) is 0 Å². The number of morpholine rings is 1. The van der Waals surface area contributed by atoms with Crippen molar-refractivity contribution in [2.24, 2.45) is 0 Å². The summed E-state index contributed by atoms with van der Waals surface area (Å²) in [7, 11) is 0. The molecule has 2 N–H and O–H groups in total. The number of anilines is 3. The maximum absolute atomic E-state index is 13.1. The number of hydrogen-bond acceptors (Lipinski definition) is 4. The van der Waals surface area contributed by atoms with E-state index in [-0.39, 0.29) is 11.7 Å². The molecule has 0 spiro atoms. The van der Waals surface area contributed by atoms with E-state index >= 15 is 0 Å². The van der Waals surface area contributed by atoms with Crippen LogP contribution < -0.4 is 15.5 Å². The van der Waals surface area contributed by atoms with Gasteiger partial charge >= 0.3 is 0 Å². The van der Waals surface area contributed by atoms with Crippen LogP contribution in [0.5, 0.6) is 0 Å². The van der Waals surface area contributed by atoms with Crippen LogP contribution in [0.4, 0.5) is 21.5 Å². The SMILES string of the molecule is O=C(CCNc1ccccc1N1CCOCC1)Nc1cccc(F)c1. The number of nitrogens with zero attached hydrogens (tertiary/aromatic N) is 1. The Morgan fingerprint density at radius 3 is 2.72 bits per heavy atom. The van der Waals surface area contributed by atoms with E-state index < -0.39 is 0 Å². The Labute approximate surface area is 146 Å². The summed E-state index contributed by atoms with van der Waals surface area (Å²) < 4.78 is 18.5. The molecule has 2 aromatic rings.